The molecule has 1 saturated heterocycles. The summed E-state index contributed by atoms with van der Waals surface area (Å²) >= 11 is 0. The van der Waals surface area contributed by atoms with Crippen LogP contribution in [0.2, 0.25) is 0 Å². The van der Waals surface area contributed by atoms with Crippen molar-refractivity contribution in [3.8, 4) is 0 Å². The van der Waals surface area contributed by atoms with Gasteiger partial charge in [0.2, 0.25) is 0 Å². The summed E-state index contributed by atoms with van der Waals surface area (Å²) in [5, 5.41) is 17.6. The smallest absolute Gasteiger partial charge is 0.269 e. The topological polar surface area (TPSA) is 105 Å². The van der Waals surface area contributed by atoms with Crippen LogP contribution in [-0.4, -0.2) is 55.7 Å². The highest BCUT2D eigenvalue weighted by molar-refractivity contribution is 5.79. The summed E-state index contributed by atoms with van der Waals surface area (Å²) in [6.07, 6.45) is 5.39. The van der Waals surface area contributed by atoms with Crippen LogP contribution in [-0.2, 0) is 11.3 Å². The second-order valence-electron chi connectivity index (χ2n) is 7.52. The van der Waals surface area contributed by atoms with Gasteiger partial charge in [-0.2, -0.15) is 0 Å². The van der Waals surface area contributed by atoms with E-state index in [1.54, 1.807) is 25.5 Å². The Bertz CT molecular complexity index is 817. The number of piperidine rings is 1. The third-order valence-corrected chi connectivity index (χ3v) is 5.33. The predicted octanol–water partition coefficient (Wildman–Crippen LogP) is 3.10. The standard InChI is InChI=1S/C22H31N5O4/c1-30-15-11-23-22(24-16-18-7-9-19(10-8-18)27(28)29)25-17-20(21-6-5-14-31-21)26-12-3-2-4-13-26/h5-10,14,20H,2-4,11-13,15-17H2,1H3,(H2,23,24,25). The lowest BCUT2D eigenvalue weighted by Crippen LogP contribution is -2.45. The Kier molecular flexibility index (Phi) is 8.86. The van der Waals surface area contributed by atoms with E-state index in [0.29, 0.717) is 32.2 Å². The van der Waals surface area contributed by atoms with E-state index in [4.69, 9.17) is 9.15 Å². The average Bonchev–Trinajstić information content (AvgIpc) is 3.33. The molecule has 9 nitrogen and oxygen atoms in total. The van der Waals surface area contributed by atoms with Crippen molar-refractivity contribution in [2.24, 2.45) is 4.99 Å². The van der Waals surface area contributed by atoms with E-state index >= 15 is 0 Å². The Balaban J connectivity index is 1.66. The number of nitrogens with zero attached hydrogens (tertiary/aromatic N) is 3. The molecule has 1 unspecified atom stereocenters. The molecule has 1 aliphatic rings. The Morgan fingerprint density at radius 3 is 2.65 bits per heavy atom. The van der Waals surface area contributed by atoms with Crippen LogP contribution in [0.4, 0.5) is 5.69 Å². The molecule has 1 aromatic heterocycles. The summed E-state index contributed by atoms with van der Waals surface area (Å²) in [4.78, 5) is 17.6. The third kappa shape index (κ3) is 7.08. The maximum absolute atomic E-state index is 10.8. The van der Waals surface area contributed by atoms with Gasteiger partial charge in [0.1, 0.15) is 5.76 Å². The lowest BCUT2D eigenvalue weighted by molar-refractivity contribution is -0.384. The molecular weight excluding hydrogens is 398 g/mol. The average molecular weight is 430 g/mol. The monoisotopic (exact) mass is 429 g/mol. The first-order chi connectivity index (χ1) is 15.2. The molecular formula is C22H31N5O4. The molecule has 1 fully saturated rings. The molecule has 168 valence electrons. The van der Waals surface area contributed by atoms with Crippen molar-refractivity contribution in [3.05, 3.63) is 64.1 Å². The van der Waals surface area contributed by atoms with Gasteiger partial charge in [0.15, 0.2) is 5.96 Å². The van der Waals surface area contributed by atoms with Crippen molar-refractivity contribution in [1.82, 2.24) is 15.5 Å². The van der Waals surface area contributed by atoms with Crippen LogP contribution in [0.1, 0.15) is 36.6 Å². The van der Waals surface area contributed by atoms with Gasteiger partial charge in [-0.3, -0.25) is 15.0 Å². The predicted molar refractivity (Wildman–Crippen MR) is 119 cm³/mol. The van der Waals surface area contributed by atoms with E-state index < -0.39 is 4.92 Å². The maximum Gasteiger partial charge on any atom is 0.269 e. The number of furan rings is 1. The second-order valence-corrected chi connectivity index (χ2v) is 7.52. The van der Waals surface area contributed by atoms with Gasteiger partial charge in [-0.15, -0.1) is 0 Å². The summed E-state index contributed by atoms with van der Waals surface area (Å²) in [6, 6.07) is 10.5. The van der Waals surface area contributed by atoms with Crippen molar-refractivity contribution >= 4 is 11.6 Å². The fourth-order valence-corrected chi connectivity index (χ4v) is 3.65. The number of benzene rings is 1. The van der Waals surface area contributed by atoms with E-state index in [1.165, 1.54) is 31.4 Å². The quantitative estimate of drug-likeness (QED) is 0.197. The van der Waals surface area contributed by atoms with Crippen molar-refractivity contribution in [2.75, 3.05) is 39.9 Å². The minimum Gasteiger partial charge on any atom is -0.468 e. The largest absolute Gasteiger partial charge is 0.468 e. The Morgan fingerprint density at radius 1 is 1.23 bits per heavy atom. The number of likely N-dealkylation sites (tertiary alicyclic amines) is 1. The number of nitrogens with one attached hydrogen (secondary N) is 2. The Morgan fingerprint density at radius 2 is 2.00 bits per heavy atom. The van der Waals surface area contributed by atoms with E-state index in [2.05, 4.69) is 20.5 Å². The van der Waals surface area contributed by atoms with Crippen molar-refractivity contribution in [1.29, 1.82) is 0 Å². The molecule has 1 atom stereocenters. The van der Waals surface area contributed by atoms with E-state index in [1.807, 2.05) is 12.1 Å². The summed E-state index contributed by atoms with van der Waals surface area (Å²) in [5.74, 6) is 1.62. The number of aliphatic imine (C=N–C) groups is 1. The zero-order valence-electron chi connectivity index (χ0n) is 18.0. The highest BCUT2D eigenvalue weighted by atomic mass is 16.6. The molecule has 0 saturated carbocycles. The molecule has 2 aromatic rings. The molecule has 1 aliphatic heterocycles. The van der Waals surface area contributed by atoms with Crippen LogP contribution in [0.15, 0.2) is 52.1 Å². The first-order valence-electron chi connectivity index (χ1n) is 10.7. The third-order valence-electron chi connectivity index (χ3n) is 5.33. The van der Waals surface area contributed by atoms with Gasteiger partial charge in [-0.25, -0.2) is 4.99 Å². The minimum absolute atomic E-state index is 0.0760. The number of rotatable bonds is 10. The first-order valence-corrected chi connectivity index (χ1v) is 10.7. The number of nitro benzene ring substituents is 1. The molecule has 0 aliphatic carbocycles. The van der Waals surface area contributed by atoms with Gasteiger partial charge < -0.3 is 19.8 Å². The summed E-state index contributed by atoms with van der Waals surface area (Å²) < 4.78 is 10.9. The molecule has 0 bridgehead atoms. The number of non-ortho nitro benzene ring substituents is 1. The van der Waals surface area contributed by atoms with Crippen molar-refractivity contribution in [2.45, 2.75) is 31.8 Å². The van der Waals surface area contributed by atoms with Crippen LogP contribution >= 0.6 is 0 Å². The molecule has 2 heterocycles. The van der Waals surface area contributed by atoms with Gasteiger partial charge in [0.25, 0.3) is 5.69 Å². The van der Waals surface area contributed by atoms with Gasteiger partial charge in [0, 0.05) is 32.3 Å². The Labute approximate surface area is 182 Å². The number of nitro groups is 1. The van der Waals surface area contributed by atoms with Crippen LogP contribution in [0, 0.1) is 10.1 Å². The van der Waals surface area contributed by atoms with Gasteiger partial charge >= 0.3 is 0 Å². The second kappa shape index (κ2) is 12.1. The van der Waals surface area contributed by atoms with Crippen LogP contribution in [0.3, 0.4) is 0 Å². The minimum atomic E-state index is -0.401. The Hall–Kier alpha value is -2.91. The van der Waals surface area contributed by atoms with Gasteiger partial charge in [0.05, 0.1) is 30.4 Å². The summed E-state index contributed by atoms with van der Waals surface area (Å²) in [7, 11) is 1.66. The zero-order valence-corrected chi connectivity index (χ0v) is 18.0. The first kappa shape index (κ1) is 22.8. The molecule has 9 heteroatoms. The van der Waals surface area contributed by atoms with Crippen LogP contribution in [0.25, 0.3) is 0 Å². The maximum atomic E-state index is 10.8. The number of hydrogen-bond acceptors (Lipinski definition) is 6. The molecule has 0 spiro atoms. The molecule has 0 amide bonds. The molecule has 31 heavy (non-hydrogen) atoms. The summed E-state index contributed by atoms with van der Waals surface area (Å²) in [5.41, 5.74) is 0.976. The van der Waals surface area contributed by atoms with Crippen LogP contribution < -0.4 is 10.6 Å². The lowest BCUT2D eigenvalue weighted by Gasteiger charge is -2.33. The number of methoxy groups -OCH3 is 1. The molecule has 2 N–H and O–H groups in total. The highest BCUT2D eigenvalue weighted by Crippen LogP contribution is 2.24. The van der Waals surface area contributed by atoms with E-state index in [0.717, 1.165) is 24.4 Å². The molecule has 1 aromatic carbocycles. The van der Waals surface area contributed by atoms with Crippen molar-refractivity contribution in [3.63, 3.8) is 0 Å². The van der Waals surface area contributed by atoms with E-state index in [9.17, 15) is 10.1 Å². The van der Waals surface area contributed by atoms with Crippen molar-refractivity contribution < 1.29 is 14.1 Å². The highest BCUT2D eigenvalue weighted by Gasteiger charge is 2.24. The van der Waals surface area contributed by atoms with E-state index in [-0.39, 0.29) is 11.7 Å². The van der Waals surface area contributed by atoms with Gasteiger partial charge in [-0.1, -0.05) is 18.6 Å². The number of ether oxygens (including phenoxy) is 1. The SMILES string of the molecule is COCCNC(=NCc1ccc([N+](=O)[O-])cc1)NCC(c1ccco1)N1CCCCC1. The number of guanidine groups is 1. The number of hydrogen-bond donors (Lipinski definition) is 2. The fourth-order valence-electron chi connectivity index (χ4n) is 3.65. The summed E-state index contributed by atoms with van der Waals surface area (Å²) in [6.45, 7) is 4.37. The zero-order chi connectivity index (χ0) is 21.9. The fraction of sp³-hybridized carbons (Fsp3) is 0.500. The molecule has 0 radical (unpaired) electrons. The molecule has 3 rings (SSSR count). The van der Waals surface area contributed by atoms with Crippen LogP contribution in [0.5, 0.6) is 0 Å². The lowest BCUT2D eigenvalue weighted by atomic mass is 10.1. The van der Waals surface area contributed by atoms with Gasteiger partial charge in [-0.05, 0) is 43.6 Å². The normalized spacial score (nSPS) is 16.1.